The number of phosphoric acid groups is 1. The van der Waals surface area contributed by atoms with Crippen molar-refractivity contribution in [2.24, 2.45) is 7.05 Å². The summed E-state index contributed by atoms with van der Waals surface area (Å²) in [6, 6.07) is 4.16. The highest BCUT2D eigenvalue weighted by Crippen LogP contribution is 2.45. The summed E-state index contributed by atoms with van der Waals surface area (Å²) in [5.74, 6) is -2.65. The van der Waals surface area contributed by atoms with Gasteiger partial charge in [-0.2, -0.15) is 0 Å². The quantitative estimate of drug-likeness (QED) is 0.262. The van der Waals surface area contributed by atoms with Crippen molar-refractivity contribution in [3.8, 4) is 0 Å². The molecule has 12 heteroatoms. The molecule has 0 saturated heterocycles. The molecule has 1 aromatic heterocycles. The van der Waals surface area contributed by atoms with Gasteiger partial charge in [0.1, 0.15) is 5.82 Å². The van der Waals surface area contributed by atoms with Gasteiger partial charge in [0.2, 0.25) is 0 Å². The minimum absolute atomic E-state index is 0.0429. The van der Waals surface area contributed by atoms with E-state index in [2.05, 4.69) is 15.2 Å². The van der Waals surface area contributed by atoms with Crippen molar-refractivity contribution < 1.29 is 37.6 Å². The summed E-state index contributed by atoms with van der Waals surface area (Å²) < 4.78 is 30.5. The summed E-state index contributed by atoms with van der Waals surface area (Å²) in [4.78, 5) is 56.4. The topological polar surface area (TPSA) is 147 Å². The number of benzene rings is 1. The Morgan fingerprint density at radius 3 is 2.38 bits per heavy atom. The predicted molar refractivity (Wildman–Crippen MR) is 121 cm³/mol. The maximum atomic E-state index is 13.5. The first kappa shape index (κ1) is 25.8. The normalized spacial score (nSPS) is 19.9. The maximum Gasteiger partial charge on any atom is 0.469 e. The molecular weight excluding hydrogens is 468 g/mol. The van der Waals surface area contributed by atoms with Gasteiger partial charge in [-0.1, -0.05) is 0 Å². The maximum absolute atomic E-state index is 13.5. The molecule has 2 amide bonds. The number of anilines is 1. The molecule has 0 aliphatic heterocycles. The number of hydrogen-bond acceptors (Lipinski definition) is 5. The van der Waals surface area contributed by atoms with Gasteiger partial charge in [-0.05, 0) is 69.9 Å². The van der Waals surface area contributed by atoms with Gasteiger partial charge in [0.25, 0.3) is 17.6 Å². The second kappa shape index (κ2) is 9.07. The number of nitrogens with one attached hydrogen (secondary N) is 2. The van der Waals surface area contributed by atoms with E-state index in [1.807, 2.05) is 0 Å². The van der Waals surface area contributed by atoms with Crippen LogP contribution < -0.4 is 10.6 Å². The van der Waals surface area contributed by atoms with E-state index < -0.39 is 42.9 Å². The SMILES string of the molecule is Cc1cc(NC(=O)c2c(C)c(C(=O)C(=O)NC3(C)CC(OP(=O)(O)O)C3)n(C)c2C)ccc1F. The zero-order valence-electron chi connectivity index (χ0n) is 19.4. The molecule has 184 valence electrons. The fraction of sp³-hybridized carbons (Fsp3) is 0.409. The molecule has 0 bridgehead atoms. The van der Waals surface area contributed by atoms with Gasteiger partial charge in [-0.15, -0.1) is 0 Å². The molecule has 0 atom stereocenters. The standard InChI is InChI=1S/C22H27FN3O7P/c1-11-8-14(6-7-16(11)23)24-20(28)17-12(2)18(26(5)13(17)3)19(27)21(29)25-22(4)9-15(10-22)33-34(30,31)32/h6-8,15H,9-10H2,1-5H3,(H,24,28)(H,25,29)(H2,30,31,32). The third-order valence-electron chi connectivity index (χ3n) is 6.05. The first-order valence-corrected chi connectivity index (χ1v) is 12.0. The summed E-state index contributed by atoms with van der Waals surface area (Å²) in [7, 11) is -3.07. The number of aromatic nitrogens is 1. The number of nitrogens with zero attached hydrogens (tertiary/aromatic N) is 1. The highest BCUT2D eigenvalue weighted by Gasteiger charge is 2.46. The summed E-state index contributed by atoms with van der Waals surface area (Å²) in [5.41, 5.74) is 0.952. The van der Waals surface area contributed by atoms with E-state index in [1.165, 1.54) is 22.8 Å². The Morgan fingerprint density at radius 1 is 1.21 bits per heavy atom. The summed E-state index contributed by atoms with van der Waals surface area (Å²) in [6.45, 7) is 6.42. The average Bonchev–Trinajstić information content (AvgIpc) is 2.90. The van der Waals surface area contributed by atoms with Crippen molar-refractivity contribution in [3.05, 3.63) is 52.1 Å². The number of rotatable bonds is 7. The molecule has 10 nitrogen and oxygen atoms in total. The number of halogens is 1. The van der Waals surface area contributed by atoms with Crippen molar-refractivity contribution in [3.63, 3.8) is 0 Å². The van der Waals surface area contributed by atoms with E-state index in [-0.39, 0.29) is 24.1 Å². The van der Waals surface area contributed by atoms with Gasteiger partial charge in [0.05, 0.1) is 17.4 Å². The average molecular weight is 495 g/mol. The van der Waals surface area contributed by atoms with Crippen molar-refractivity contribution in [1.82, 2.24) is 9.88 Å². The third kappa shape index (κ3) is 5.28. The summed E-state index contributed by atoms with van der Waals surface area (Å²) in [5, 5.41) is 5.29. The van der Waals surface area contributed by atoms with Crippen molar-refractivity contribution in [2.45, 2.75) is 52.2 Å². The molecule has 1 fully saturated rings. The second-order valence-corrected chi connectivity index (χ2v) is 10.1. The number of aryl methyl sites for hydroxylation is 1. The number of carbonyl (C=O) groups is 3. The summed E-state index contributed by atoms with van der Waals surface area (Å²) in [6.07, 6.45) is -0.467. The largest absolute Gasteiger partial charge is 0.469 e. The Morgan fingerprint density at radius 2 is 1.82 bits per heavy atom. The lowest BCUT2D eigenvalue weighted by Crippen LogP contribution is -2.59. The predicted octanol–water partition coefficient (Wildman–Crippen LogP) is 2.67. The van der Waals surface area contributed by atoms with Crippen LogP contribution in [0.5, 0.6) is 0 Å². The van der Waals surface area contributed by atoms with E-state index >= 15 is 0 Å². The fourth-order valence-corrected chi connectivity index (χ4v) is 4.84. The Kier molecular flexibility index (Phi) is 6.87. The molecule has 0 spiro atoms. The fourth-order valence-electron chi connectivity index (χ4n) is 4.30. The van der Waals surface area contributed by atoms with Gasteiger partial charge >= 0.3 is 7.82 Å². The van der Waals surface area contributed by atoms with Crippen LogP contribution in [0.15, 0.2) is 18.2 Å². The smallest absolute Gasteiger partial charge is 0.344 e. The molecular formula is C22H27FN3O7P. The Bertz CT molecular complexity index is 1230. The minimum atomic E-state index is -4.64. The molecule has 1 heterocycles. The van der Waals surface area contributed by atoms with Crippen molar-refractivity contribution >= 4 is 31.1 Å². The van der Waals surface area contributed by atoms with Gasteiger partial charge < -0.3 is 25.0 Å². The van der Waals surface area contributed by atoms with Crippen LogP contribution in [0.2, 0.25) is 0 Å². The van der Waals surface area contributed by atoms with E-state index in [1.54, 1.807) is 34.7 Å². The zero-order valence-corrected chi connectivity index (χ0v) is 20.3. The molecule has 2 aromatic rings. The van der Waals surface area contributed by atoms with Gasteiger partial charge in [0, 0.05) is 24.0 Å². The van der Waals surface area contributed by atoms with Crippen LogP contribution in [0.1, 0.15) is 57.4 Å². The molecule has 1 saturated carbocycles. The first-order valence-electron chi connectivity index (χ1n) is 10.5. The number of ketones is 1. The Labute approximate surface area is 195 Å². The zero-order chi connectivity index (χ0) is 25.6. The number of hydrogen-bond donors (Lipinski definition) is 4. The van der Waals surface area contributed by atoms with Crippen LogP contribution in [-0.2, 0) is 20.9 Å². The Hall–Kier alpha value is -2.85. The van der Waals surface area contributed by atoms with Crippen molar-refractivity contribution in [1.29, 1.82) is 0 Å². The number of carbonyl (C=O) groups excluding carboxylic acids is 3. The number of amides is 2. The number of phosphoric ester groups is 1. The van der Waals surface area contributed by atoms with Gasteiger partial charge in [-0.25, -0.2) is 8.96 Å². The molecule has 0 unspecified atom stereocenters. The number of Topliss-reactive ketones (excluding diaryl/α,β-unsaturated/α-hetero) is 1. The van der Waals surface area contributed by atoms with Gasteiger partial charge in [0.15, 0.2) is 0 Å². The molecule has 1 aromatic carbocycles. The molecule has 34 heavy (non-hydrogen) atoms. The highest BCUT2D eigenvalue weighted by atomic mass is 31.2. The summed E-state index contributed by atoms with van der Waals surface area (Å²) >= 11 is 0. The third-order valence-corrected chi connectivity index (χ3v) is 6.63. The lowest BCUT2D eigenvalue weighted by atomic mass is 9.76. The molecule has 1 aliphatic carbocycles. The van der Waals surface area contributed by atoms with Crippen LogP contribution in [0.25, 0.3) is 0 Å². The molecule has 0 radical (unpaired) electrons. The van der Waals surface area contributed by atoms with E-state index in [9.17, 15) is 23.3 Å². The highest BCUT2D eigenvalue weighted by molar-refractivity contribution is 7.46. The molecule has 1 aliphatic rings. The van der Waals surface area contributed by atoms with E-state index in [0.29, 0.717) is 22.5 Å². The first-order chi connectivity index (χ1) is 15.6. The Balaban J connectivity index is 1.76. The second-order valence-electron chi connectivity index (χ2n) is 8.88. The van der Waals surface area contributed by atoms with Crippen LogP contribution in [0.3, 0.4) is 0 Å². The van der Waals surface area contributed by atoms with Crippen LogP contribution in [0.4, 0.5) is 10.1 Å². The van der Waals surface area contributed by atoms with E-state index in [0.717, 1.165) is 0 Å². The van der Waals surface area contributed by atoms with Crippen LogP contribution in [-0.4, -0.2) is 43.6 Å². The minimum Gasteiger partial charge on any atom is -0.344 e. The molecule has 3 rings (SSSR count). The van der Waals surface area contributed by atoms with Crippen LogP contribution >= 0.6 is 7.82 Å². The molecule has 4 N–H and O–H groups in total. The lowest BCUT2D eigenvalue weighted by molar-refractivity contribution is -0.121. The van der Waals surface area contributed by atoms with Crippen molar-refractivity contribution in [2.75, 3.05) is 5.32 Å². The monoisotopic (exact) mass is 495 g/mol. The lowest BCUT2D eigenvalue weighted by Gasteiger charge is -2.44. The van der Waals surface area contributed by atoms with Gasteiger partial charge in [-0.3, -0.25) is 18.9 Å². The van der Waals surface area contributed by atoms with Crippen LogP contribution in [0, 0.1) is 26.6 Å². The van der Waals surface area contributed by atoms with E-state index in [4.69, 9.17) is 9.79 Å².